The fraction of sp³-hybridized carbons (Fsp3) is 0.381. The van der Waals surface area contributed by atoms with Crippen LogP contribution in [0.2, 0.25) is 10.0 Å². The number of nitrogens with two attached hydrogens (primary N) is 1. The van der Waals surface area contributed by atoms with Crippen molar-refractivity contribution in [1.82, 2.24) is 19.2 Å². The normalized spacial score (nSPS) is 16.3. The van der Waals surface area contributed by atoms with Gasteiger partial charge in [0.1, 0.15) is 5.65 Å². The van der Waals surface area contributed by atoms with Gasteiger partial charge in [-0.3, -0.25) is 4.90 Å². The van der Waals surface area contributed by atoms with Crippen molar-refractivity contribution in [3.8, 4) is 11.3 Å². The highest BCUT2D eigenvalue weighted by Crippen LogP contribution is 2.34. The van der Waals surface area contributed by atoms with Gasteiger partial charge in [-0.15, -0.1) is 0 Å². The summed E-state index contributed by atoms with van der Waals surface area (Å²) in [4.78, 5) is 9.68. The minimum atomic E-state index is 0.552. The van der Waals surface area contributed by atoms with E-state index in [1.54, 1.807) is 6.07 Å². The summed E-state index contributed by atoms with van der Waals surface area (Å²) < 4.78 is 2.08. The molecule has 1 aliphatic rings. The number of imidazole rings is 1. The second-order valence-corrected chi connectivity index (χ2v) is 8.52. The minimum absolute atomic E-state index is 0.552. The van der Waals surface area contributed by atoms with Crippen LogP contribution in [0.1, 0.15) is 18.5 Å². The van der Waals surface area contributed by atoms with Crippen molar-refractivity contribution in [3.05, 3.63) is 52.3 Å². The van der Waals surface area contributed by atoms with Gasteiger partial charge in [0.25, 0.3) is 0 Å². The summed E-state index contributed by atoms with van der Waals surface area (Å²) in [6, 6.07) is 9.93. The van der Waals surface area contributed by atoms with Gasteiger partial charge in [0.05, 0.1) is 16.4 Å². The van der Waals surface area contributed by atoms with Crippen LogP contribution in [-0.2, 0) is 6.54 Å². The first kappa shape index (κ1) is 19.5. The van der Waals surface area contributed by atoms with Crippen LogP contribution in [0.5, 0.6) is 0 Å². The van der Waals surface area contributed by atoms with E-state index in [9.17, 15) is 0 Å². The summed E-state index contributed by atoms with van der Waals surface area (Å²) in [7, 11) is 4.37. The molecule has 3 aromatic rings. The molecular weight excluding hydrogens is 393 g/mol. The highest BCUT2D eigenvalue weighted by molar-refractivity contribution is 6.36. The van der Waals surface area contributed by atoms with Crippen molar-refractivity contribution in [3.63, 3.8) is 0 Å². The Morgan fingerprint density at radius 2 is 1.93 bits per heavy atom. The number of nitrogens with zero attached hydrogens (tertiary/aromatic N) is 4. The Morgan fingerprint density at radius 1 is 1.18 bits per heavy atom. The predicted octanol–water partition coefficient (Wildman–Crippen LogP) is 4.42. The number of aromatic nitrogens is 2. The lowest BCUT2D eigenvalue weighted by Gasteiger charge is -2.35. The first-order valence-electron chi connectivity index (χ1n) is 9.53. The molecule has 0 amide bonds. The van der Waals surface area contributed by atoms with Crippen LogP contribution < -0.4 is 5.73 Å². The Morgan fingerprint density at radius 3 is 2.64 bits per heavy atom. The van der Waals surface area contributed by atoms with Crippen molar-refractivity contribution in [2.75, 3.05) is 32.9 Å². The third-order valence-corrected chi connectivity index (χ3v) is 6.19. The first-order chi connectivity index (χ1) is 13.4. The van der Waals surface area contributed by atoms with Gasteiger partial charge < -0.3 is 15.0 Å². The van der Waals surface area contributed by atoms with Crippen LogP contribution in [0, 0.1) is 0 Å². The number of halogens is 2. The number of rotatable bonds is 4. The number of pyridine rings is 1. The molecule has 0 unspecified atom stereocenters. The summed E-state index contributed by atoms with van der Waals surface area (Å²) in [5.74, 6) is 0. The standard InChI is InChI=1S/C21H25Cl2N5/c1-26-9-7-16(8-10-26)27(2)13-19-21(17-5-3-14(22)11-18(17)23)25-20-6-4-15(24)12-28(19)20/h3-6,11-12,16H,7-10,13,24H2,1-2H3. The maximum Gasteiger partial charge on any atom is 0.137 e. The lowest BCUT2D eigenvalue weighted by Crippen LogP contribution is -2.41. The zero-order chi connectivity index (χ0) is 19.8. The Balaban J connectivity index is 1.75. The molecule has 1 aliphatic heterocycles. The topological polar surface area (TPSA) is 49.8 Å². The van der Waals surface area contributed by atoms with Crippen LogP contribution >= 0.6 is 23.2 Å². The van der Waals surface area contributed by atoms with Gasteiger partial charge in [-0.1, -0.05) is 23.2 Å². The molecule has 1 fully saturated rings. The molecule has 4 rings (SSSR count). The van der Waals surface area contributed by atoms with Gasteiger partial charge in [0.15, 0.2) is 0 Å². The molecule has 1 aromatic carbocycles. The minimum Gasteiger partial charge on any atom is -0.398 e. The lowest BCUT2D eigenvalue weighted by molar-refractivity contribution is 0.138. The van der Waals surface area contributed by atoms with Crippen molar-refractivity contribution >= 4 is 34.5 Å². The van der Waals surface area contributed by atoms with E-state index in [0.717, 1.165) is 42.2 Å². The Hall–Kier alpha value is -1.79. The number of nitrogen functional groups attached to an aromatic ring is 1. The summed E-state index contributed by atoms with van der Waals surface area (Å²) in [5, 5.41) is 1.22. The van der Waals surface area contributed by atoms with E-state index in [1.165, 1.54) is 12.8 Å². The number of hydrogen-bond donors (Lipinski definition) is 1. The molecule has 3 heterocycles. The molecule has 5 nitrogen and oxygen atoms in total. The monoisotopic (exact) mass is 417 g/mol. The van der Waals surface area contributed by atoms with E-state index < -0.39 is 0 Å². The third kappa shape index (κ3) is 3.85. The van der Waals surface area contributed by atoms with E-state index in [2.05, 4.69) is 28.3 Å². The molecule has 2 N–H and O–H groups in total. The predicted molar refractivity (Wildman–Crippen MR) is 117 cm³/mol. The van der Waals surface area contributed by atoms with E-state index in [-0.39, 0.29) is 0 Å². The maximum atomic E-state index is 6.52. The summed E-state index contributed by atoms with van der Waals surface area (Å²) >= 11 is 12.6. The van der Waals surface area contributed by atoms with Crippen LogP contribution in [0.25, 0.3) is 16.9 Å². The molecule has 0 radical (unpaired) electrons. The van der Waals surface area contributed by atoms with Crippen molar-refractivity contribution < 1.29 is 0 Å². The molecule has 0 aliphatic carbocycles. The molecule has 2 aromatic heterocycles. The van der Waals surface area contributed by atoms with Gasteiger partial charge in [0, 0.05) is 35.1 Å². The fourth-order valence-corrected chi connectivity index (χ4v) is 4.46. The molecular formula is C21H25Cl2N5. The van der Waals surface area contributed by atoms with Crippen LogP contribution in [0.3, 0.4) is 0 Å². The smallest absolute Gasteiger partial charge is 0.137 e. The van der Waals surface area contributed by atoms with E-state index in [0.29, 0.717) is 21.8 Å². The molecule has 7 heteroatoms. The average Bonchev–Trinajstić information content (AvgIpc) is 3.00. The summed E-state index contributed by atoms with van der Waals surface area (Å²) in [5.41, 5.74) is 10.5. The number of benzene rings is 1. The second-order valence-electron chi connectivity index (χ2n) is 7.67. The summed E-state index contributed by atoms with van der Waals surface area (Å²) in [6.07, 6.45) is 4.28. The van der Waals surface area contributed by atoms with Gasteiger partial charge in [0.2, 0.25) is 0 Å². The number of likely N-dealkylation sites (tertiary alicyclic amines) is 1. The van der Waals surface area contributed by atoms with Crippen LogP contribution in [-0.4, -0.2) is 52.4 Å². The molecule has 0 saturated carbocycles. The molecule has 0 spiro atoms. The Bertz CT molecular complexity index is 992. The third-order valence-electron chi connectivity index (χ3n) is 5.64. The molecule has 148 valence electrons. The number of piperidine rings is 1. The number of hydrogen-bond acceptors (Lipinski definition) is 4. The van der Waals surface area contributed by atoms with Gasteiger partial charge in [-0.2, -0.15) is 0 Å². The van der Waals surface area contributed by atoms with Crippen LogP contribution in [0.15, 0.2) is 36.5 Å². The average molecular weight is 418 g/mol. The highest BCUT2D eigenvalue weighted by Gasteiger charge is 2.24. The lowest BCUT2D eigenvalue weighted by atomic mass is 10.0. The quantitative estimate of drug-likeness (QED) is 0.682. The zero-order valence-corrected chi connectivity index (χ0v) is 17.7. The van der Waals surface area contributed by atoms with Gasteiger partial charge >= 0.3 is 0 Å². The number of fused-ring (bicyclic) bond motifs is 1. The van der Waals surface area contributed by atoms with Crippen molar-refractivity contribution in [1.29, 1.82) is 0 Å². The summed E-state index contributed by atoms with van der Waals surface area (Å²) in [6.45, 7) is 3.03. The van der Waals surface area contributed by atoms with E-state index in [4.69, 9.17) is 33.9 Å². The SMILES string of the molecule is CN1CCC(N(C)Cc2c(-c3ccc(Cl)cc3Cl)nc3ccc(N)cn23)CC1. The van der Waals surface area contributed by atoms with E-state index in [1.807, 2.05) is 30.5 Å². The number of anilines is 1. The van der Waals surface area contributed by atoms with Gasteiger partial charge in [-0.05, 0) is 70.4 Å². The van der Waals surface area contributed by atoms with Crippen molar-refractivity contribution in [2.45, 2.75) is 25.4 Å². The zero-order valence-electron chi connectivity index (χ0n) is 16.2. The molecule has 0 bridgehead atoms. The first-order valence-corrected chi connectivity index (χ1v) is 10.3. The van der Waals surface area contributed by atoms with Gasteiger partial charge in [-0.25, -0.2) is 4.98 Å². The molecule has 1 saturated heterocycles. The Labute approximate surface area is 175 Å². The second kappa shape index (κ2) is 7.91. The highest BCUT2D eigenvalue weighted by atomic mass is 35.5. The largest absolute Gasteiger partial charge is 0.398 e. The maximum absolute atomic E-state index is 6.52. The molecule has 28 heavy (non-hydrogen) atoms. The Kier molecular flexibility index (Phi) is 5.52. The fourth-order valence-electron chi connectivity index (χ4n) is 3.96. The van der Waals surface area contributed by atoms with Crippen LogP contribution in [0.4, 0.5) is 5.69 Å². The van der Waals surface area contributed by atoms with E-state index >= 15 is 0 Å². The van der Waals surface area contributed by atoms with Crippen molar-refractivity contribution in [2.24, 2.45) is 0 Å². The molecule has 0 atom stereocenters.